The standard InChI is InChI=1S/C13H14F10O2/c1-2-5(24)25-3-4(14)6(15)7(16)8(17)9(18)10(19)11(20)12(21)13(22)23/h2,4,6-13H,1,3H2. The summed E-state index contributed by atoms with van der Waals surface area (Å²) in [5.74, 6) is -1.24. The molecule has 0 amide bonds. The Balaban J connectivity index is 4.80. The van der Waals surface area contributed by atoms with Crippen molar-refractivity contribution >= 4 is 5.97 Å². The molecule has 148 valence electrons. The van der Waals surface area contributed by atoms with Crippen LogP contribution in [0.25, 0.3) is 0 Å². The van der Waals surface area contributed by atoms with E-state index < -0.39 is 68.4 Å². The molecular formula is C13H14F10O2. The van der Waals surface area contributed by atoms with Crippen LogP contribution in [0.4, 0.5) is 43.9 Å². The average Bonchev–Trinajstić information content (AvgIpc) is 2.60. The van der Waals surface area contributed by atoms with Crippen molar-refractivity contribution in [3.8, 4) is 0 Å². The first-order valence-electron chi connectivity index (χ1n) is 6.65. The molecule has 0 rings (SSSR count). The Bertz CT molecular complexity index is 424. The lowest BCUT2D eigenvalue weighted by Gasteiger charge is -2.26. The highest BCUT2D eigenvalue weighted by Crippen LogP contribution is 2.28. The smallest absolute Gasteiger partial charge is 0.330 e. The van der Waals surface area contributed by atoms with E-state index in [1.54, 1.807) is 0 Å². The Morgan fingerprint density at radius 3 is 1.44 bits per heavy atom. The fraction of sp³-hybridized carbons (Fsp3) is 0.769. The van der Waals surface area contributed by atoms with Crippen molar-refractivity contribution < 1.29 is 53.4 Å². The predicted molar refractivity (Wildman–Crippen MR) is 66.3 cm³/mol. The summed E-state index contributed by atoms with van der Waals surface area (Å²) in [4.78, 5) is 10.6. The van der Waals surface area contributed by atoms with E-state index in [2.05, 4.69) is 11.3 Å². The van der Waals surface area contributed by atoms with E-state index >= 15 is 0 Å². The summed E-state index contributed by atoms with van der Waals surface area (Å²) >= 11 is 0. The molecule has 0 radical (unpaired) electrons. The van der Waals surface area contributed by atoms with Gasteiger partial charge in [-0.15, -0.1) is 0 Å². The van der Waals surface area contributed by atoms with Crippen LogP contribution < -0.4 is 0 Å². The number of carbonyl (C=O) groups is 1. The highest BCUT2D eigenvalue weighted by molar-refractivity contribution is 5.81. The molecule has 0 aromatic rings. The summed E-state index contributed by atoms with van der Waals surface area (Å²) in [5, 5.41) is 0. The second-order valence-corrected chi connectivity index (χ2v) is 4.80. The number of carbonyl (C=O) groups excluding carboxylic acids is 1. The first-order chi connectivity index (χ1) is 11.4. The summed E-state index contributed by atoms with van der Waals surface area (Å²) < 4.78 is 133. The maximum Gasteiger partial charge on any atom is 0.330 e. The molecule has 0 heterocycles. The van der Waals surface area contributed by atoms with E-state index in [4.69, 9.17) is 0 Å². The molecule has 0 saturated carbocycles. The highest BCUT2D eigenvalue weighted by Gasteiger charge is 2.48. The van der Waals surface area contributed by atoms with E-state index in [1.165, 1.54) is 0 Å². The topological polar surface area (TPSA) is 26.3 Å². The number of rotatable bonds is 11. The molecule has 0 aliphatic heterocycles. The van der Waals surface area contributed by atoms with Gasteiger partial charge in [0.2, 0.25) is 0 Å². The lowest BCUT2D eigenvalue weighted by atomic mass is 9.98. The molecule has 12 heteroatoms. The quantitative estimate of drug-likeness (QED) is 0.305. The lowest BCUT2D eigenvalue weighted by molar-refractivity contribution is -0.141. The Labute approximate surface area is 135 Å². The van der Waals surface area contributed by atoms with Gasteiger partial charge in [-0.3, -0.25) is 0 Å². The molecule has 0 aliphatic rings. The minimum absolute atomic E-state index is 0.536. The van der Waals surface area contributed by atoms with Gasteiger partial charge in [0.05, 0.1) is 0 Å². The van der Waals surface area contributed by atoms with E-state index in [1.807, 2.05) is 0 Å². The fourth-order valence-corrected chi connectivity index (χ4v) is 1.53. The maximum atomic E-state index is 13.4. The van der Waals surface area contributed by atoms with Gasteiger partial charge in [-0.25, -0.2) is 48.7 Å². The third-order valence-electron chi connectivity index (χ3n) is 2.96. The van der Waals surface area contributed by atoms with E-state index in [0.717, 1.165) is 0 Å². The minimum Gasteiger partial charge on any atom is -0.459 e. The molecule has 8 unspecified atom stereocenters. The second-order valence-electron chi connectivity index (χ2n) is 4.80. The summed E-state index contributed by atoms with van der Waals surface area (Å²) in [6, 6.07) is 0. The van der Waals surface area contributed by atoms with Gasteiger partial charge in [0.15, 0.2) is 49.4 Å². The molecule has 8 atom stereocenters. The Morgan fingerprint density at radius 1 is 0.720 bits per heavy atom. The van der Waals surface area contributed by atoms with E-state index in [9.17, 15) is 48.7 Å². The SMILES string of the molecule is C=CC(=O)OCC(F)C(F)C(F)C(F)C(F)C(F)C(F)C(F)C(F)F. The minimum atomic E-state index is -4.07. The number of ether oxygens (including phenoxy) is 1. The van der Waals surface area contributed by atoms with Crippen LogP contribution in [0.3, 0.4) is 0 Å². The summed E-state index contributed by atoms with van der Waals surface area (Å²) in [6.07, 6.45) is -33.0. The molecule has 0 aromatic heterocycles. The maximum absolute atomic E-state index is 13.4. The van der Waals surface area contributed by atoms with Crippen LogP contribution in [0.2, 0.25) is 0 Å². The van der Waals surface area contributed by atoms with Gasteiger partial charge in [-0.05, 0) is 0 Å². The van der Waals surface area contributed by atoms with Gasteiger partial charge in [0, 0.05) is 6.08 Å². The largest absolute Gasteiger partial charge is 0.459 e. The molecular weight excluding hydrogens is 378 g/mol. The molecule has 25 heavy (non-hydrogen) atoms. The molecule has 0 bridgehead atoms. The van der Waals surface area contributed by atoms with Gasteiger partial charge in [-0.2, -0.15) is 0 Å². The van der Waals surface area contributed by atoms with Crippen LogP contribution in [-0.2, 0) is 9.53 Å². The summed E-state index contributed by atoms with van der Waals surface area (Å²) in [7, 11) is 0. The van der Waals surface area contributed by atoms with Crippen molar-refractivity contribution in [1.82, 2.24) is 0 Å². The number of hydrogen-bond acceptors (Lipinski definition) is 2. The van der Waals surface area contributed by atoms with E-state index in [-0.39, 0.29) is 0 Å². The molecule has 0 spiro atoms. The van der Waals surface area contributed by atoms with Crippen molar-refractivity contribution in [2.24, 2.45) is 0 Å². The monoisotopic (exact) mass is 392 g/mol. The Hall–Kier alpha value is -1.49. The van der Waals surface area contributed by atoms with Crippen LogP contribution in [-0.4, -0.2) is 68.4 Å². The number of halogens is 10. The second kappa shape index (κ2) is 10.5. The number of esters is 1. The summed E-state index contributed by atoms with van der Waals surface area (Å²) in [5.41, 5.74) is 0. The zero-order valence-corrected chi connectivity index (χ0v) is 12.3. The third-order valence-corrected chi connectivity index (χ3v) is 2.96. The van der Waals surface area contributed by atoms with Crippen molar-refractivity contribution in [2.45, 2.75) is 55.8 Å². The Morgan fingerprint density at radius 2 is 1.08 bits per heavy atom. The van der Waals surface area contributed by atoms with Crippen molar-refractivity contribution in [1.29, 1.82) is 0 Å². The number of hydrogen-bond donors (Lipinski definition) is 0. The molecule has 0 aliphatic carbocycles. The van der Waals surface area contributed by atoms with E-state index in [0.29, 0.717) is 6.08 Å². The van der Waals surface area contributed by atoms with Crippen LogP contribution in [0, 0.1) is 0 Å². The normalized spacial score (nSPS) is 21.6. The zero-order valence-electron chi connectivity index (χ0n) is 12.3. The predicted octanol–water partition coefficient (Wildman–Crippen LogP) is 3.69. The van der Waals surface area contributed by atoms with Gasteiger partial charge < -0.3 is 4.74 Å². The van der Waals surface area contributed by atoms with Crippen molar-refractivity contribution in [2.75, 3.05) is 6.61 Å². The fourth-order valence-electron chi connectivity index (χ4n) is 1.53. The summed E-state index contributed by atoms with van der Waals surface area (Å²) in [6.45, 7) is 1.48. The van der Waals surface area contributed by atoms with Gasteiger partial charge >= 0.3 is 5.97 Å². The van der Waals surface area contributed by atoms with Crippen LogP contribution in [0.15, 0.2) is 12.7 Å². The van der Waals surface area contributed by atoms with Gasteiger partial charge in [0.25, 0.3) is 6.43 Å². The average molecular weight is 392 g/mol. The zero-order chi connectivity index (χ0) is 19.9. The first kappa shape index (κ1) is 23.5. The molecule has 0 saturated heterocycles. The van der Waals surface area contributed by atoms with Gasteiger partial charge in [-0.1, -0.05) is 6.58 Å². The molecule has 0 N–H and O–H groups in total. The van der Waals surface area contributed by atoms with Crippen molar-refractivity contribution in [3.05, 3.63) is 12.7 Å². The third kappa shape index (κ3) is 6.73. The first-order valence-corrected chi connectivity index (χ1v) is 6.65. The van der Waals surface area contributed by atoms with Crippen LogP contribution in [0.5, 0.6) is 0 Å². The lowest BCUT2D eigenvalue weighted by Crippen LogP contribution is -2.48. The van der Waals surface area contributed by atoms with Crippen LogP contribution in [0.1, 0.15) is 0 Å². The molecule has 0 aromatic carbocycles. The highest BCUT2D eigenvalue weighted by atomic mass is 19.3. The van der Waals surface area contributed by atoms with Gasteiger partial charge in [0.1, 0.15) is 6.61 Å². The molecule has 0 fully saturated rings. The Kier molecular flexibility index (Phi) is 9.86. The van der Waals surface area contributed by atoms with Crippen molar-refractivity contribution in [3.63, 3.8) is 0 Å². The van der Waals surface area contributed by atoms with Crippen LogP contribution >= 0.6 is 0 Å². The number of alkyl halides is 10. The molecule has 2 nitrogen and oxygen atoms in total.